The highest BCUT2D eigenvalue weighted by Crippen LogP contribution is 2.31. The van der Waals surface area contributed by atoms with Crippen LogP contribution >= 0.6 is 0 Å². The van der Waals surface area contributed by atoms with Gasteiger partial charge in [0.2, 0.25) is 0 Å². The van der Waals surface area contributed by atoms with E-state index in [9.17, 15) is 0 Å². The molecule has 1 saturated carbocycles. The number of nitrogens with two attached hydrogens (primary N) is 1. The van der Waals surface area contributed by atoms with E-state index in [4.69, 9.17) is 10.5 Å². The first-order valence-electron chi connectivity index (χ1n) is 8.10. The smallest absolute Gasteiger partial charge is 0.0589 e. The van der Waals surface area contributed by atoms with Crippen molar-refractivity contribution in [3.8, 4) is 0 Å². The van der Waals surface area contributed by atoms with Crippen LogP contribution in [0.5, 0.6) is 0 Å². The van der Waals surface area contributed by atoms with E-state index in [1.165, 1.54) is 32.1 Å². The van der Waals surface area contributed by atoms with Crippen LogP contribution in [0.4, 0.5) is 0 Å². The lowest BCUT2D eigenvalue weighted by molar-refractivity contribution is 0.0883. The first-order chi connectivity index (χ1) is 9.12. The van der Waals surface area contributed by atoms with Crippen LogP contribution in [-0.2, 0) is 4.74 Å². The minimum absolute atomic E-state index is 0.400. The highest BCUT2D eigenvalue weighted by atomic mass is 16.5. The highest BCUT2D eigenvalue weighted by Gasteiger charge is 2.29. The summed E-state index contributed by atoms with van der Waals surface area (Å²) in [6.07, 6.45) is 6.36. The van der Waals surface area contributed by atoms with Crippen LogP contribution in [0.25, 0.3) is 0 Å². The average Bonchev–Trinajstić information content (AvgIpc) is 2.44. The SMILES string of the molecule is CCC1CCC(N)C(CN(CCOC)C(C)CC)C1. The second-order valence-electron chi connectivity index (χ2n) is 6.26. The molecule has 0 saturated heterocycles. The minimum atomic E-state index is 0.400. The summed E-state index contributed by atoms with van der Waals surface area (Å²) in [4.78, 5) is 2.58. The Labute approximate surface area is 119 Å². The van der Waals surface area contributed by atoms with Gasteiger partial charge in [0.05, 0.1) is 6.61 Å². The summed E-state index contributed by atoms with van der Waals surface area (Å²) >= 11 is 0. The third kappa shape index (κ3) is 5.41. The molecule has 1 rings (SSSR count). The molecule has 1 aliphatic rings. The molecule has 0 aromatic heterocycles. The lowest BCUT2D eigenvalue weighted by Gasteiger charge is -2.39. The van der Waals surface area contributed by atoms with Gasteiger partial charge in [-0.1, -0.05) is 20.3 Å². The van der Waals surface area contributed by atoms with E-state index in [0.29, 0.717) is 18.0 Å². The molecule has 0 heterocycles. The molecule has 4 unspecified atom stereocenters. The number of ether oxygens (including phenoxy) is 1. The maximum Gasteiger partial charge on any atom is 0.0589 e. The van der Waals surface area contributed by atoms with E-state index >= 15 is 0 Å². The van der Waals surface area contributed by atoms with E-state index in [1.807, 2.05) is 0 Å². The van der Waals surface area contributed by atoms with Gasteiger partial charge in [0.25, 0.3) is 0 Å². The molecule has 114 valence electrons. The number of hydrogen-bond acceptors (Lipinski definition) is 3. The molecule has 19 heavy (non-hydrogen) atoms. The monoisotopic (exact) mass is 270 g/mol. The van der Waals surface area contributed by atoms with Gasteiger partial charge in [0, 0.05) is 32.3 Å². The van der Waals surface area contributed by atoms with Crippen molar-refractivity contribution in [3.05, 3.63) is 0 Å². The van der Waals surface area contributed by atoms with Gasteiger partial charge in [0.1, 0.15) is 0 Å². The minimum Gasteiger partial charge on any atom is -0.383 e. The molecule has 3 heteroatoms. The van der Waals surface area contributed by atoms with Crippen LogP contribution in [0.2, 0.25) is 0 Å². The van der Waals surface area contributed by atoms with Gasteiger partial charge in [-0.2, -0.15) is 0 Å². The van der Waals surface area contributed by atoms with Gasteiger partial charge in [0.15, 0.2) is 0 Å². The molecule has 0 amide bonds. The summed E-state index contributed by atoms with van der Waals surface area (Å²) in [6, 6.07) is 1.03. The van der Waals surface area contributed by atoms with Crippen LogP contribution in [-0.4, -0.2) is 43.8 Å². The molecule has 0 aliphatic heterocycles. The van der Waals surface area contributed by atoms with Crippen molar-refractivity contribution < 1.29 is 4.74 Å². The number of nitrogens with zero attached hydrogens (tertiary/aromatic N) is 1. The maximum absolute atomic E-state index is 6.36. The summed E-state index contributed by atoms with van der Waals surface area (Å²) in [6.45, 7) is 9.91. The highest BCUT2D eigenvalue weighted by molar-refractivity contribution is 4.85. The fraction of sp³-hybridized carbons (Fsp3) is 1.00. The van der Waals surface area contributed by atoms with Gasteiger partial charge in [-0.05, 0) is 44.4 Å². The third-order valence-electron chi connectivity index (χ3n) is 4.99. The van der Waals surface area contributed by atoms with Crippen molar-refractivity contribution >= 4 is 0 Å². The van der Waals surface area contributed by atoms with Gasteiger partial charge < -0.3 is 10.5 Å². The van der Waals surface area contributed by atoms with Crippen LogP contribution in [0, 0.1) is 11.8 Å². The summed E-state index contributed by atoms with van der Waals surface area (Å²) in [5, 5.41) is 0. The first kappa shape index (κ1) is 16.9. The second-order valence-corrected chi connectivity index (χ2v) is 6.26. The van der Waals surface area contributed by atoms with E-state index < -0.39 is 0 Å². The van der Waals surface area contributed by atoms with Crippen molar-refractivity contribution in [2.24, 2.45) is 17.6 Å². The topological polar surface area (TPSA) is 38.5 Å². The Morgan fingerprint density at radius 3 is 2.63 bits per heavy atom. The van der Waals surface area contributed by atoms with E-state index in [0.717, 1.165) is 25.6 Å². The van der Waals surface area contributed by atoms with Gasteiger partial charge >= 0.3 is 0 Å². The van der Waals surface area contributed by atoms with Crippen molar-refractivity contribution in [1.82, 2.24) is 4.90 Å². The predicted octanol–water partition coefficient (Wildman–Crippen LogP) is 2.89. The van der Waals surface area contributed by atoms with Crippen LogP contribution in [0.15, 0.2) is 0 Å². The van der Waals surface area contributed by atoms with Gasteiger partial charge in [-0.3, -0.25) is 4.90 Å². The van der Waals surface area contributed by atoms with Crippen LogP contribution in [0.3, 0.4) is 0 Å². The van der Waals surface area contributed by atoms with Crippen molar-refractivity contribution in [2.75, 3.05) is 26.8 Å². The average molecular weight is 270 g/mol. The summed E-state index contributed by atoms with van der Waals surface area (Å²) < 4.78 is 5.25. The largest absolute Gasteiger partial charge is 0.383 e. The molecule has 0 radical (unpaired) electrons. The Morgan fingerprint density at radius 1 is 1.32 bits per heavy atom. The van der Waals surface area contributed by atoms with Crippen LogP contribution in [0.1, 0.15) is 52.9 Å². The predicted molar refractivity (Wildman–Crippen MR) is 82.3 cm³/mol. The molecule has 3 nitrogen and oxygen atoms in total. The lowest BCUT2D eigenvalue weighted by atomic mass is 9.77. The van der Waals surface area contributed by atoms with Crippen molar-refractivity contribution in [2.45, 2.75) is 65.0 Å². The fourth-order valence-electron chi connectivity index (χ4n) is 3.22. The molecule has 2 N–H and O–H groups in total. The zero-order valence-corrected chi connectivity index (χ0v) is 13.4. The second kappa shape index (κ2) is 8.93. The molecular formula is C16H34N2O. The molecule has 1 aliphatic carbocycles. The first-order valence-corrected chi connectivity index (χ1v) is 8.10. The Balaban J connectivity index is 2.54. The number of rotatable bonds is 8. The Bertz CT molecular complexity index is 231. The van der Waals surface area contributed by atoms with E-state index in [-0.39, 0.29) is 0 Å². The molecule has 1 fully saturated rings. The molecule has 4 atom stereocenters. The summed E-state index contributed by atoms with van der Waals surface area (Å²) in [5.41, 5.74) is 6.36. The van der Waals surface area contributed by atoms with Gasteiger partial charge in [-0.25, -0.2) is 0 Å². The quantitative estimate of drug-likeness (QED) is 0.737. The van der Waals surface area contributed by atoms with Gasteiger partial charge in [-0.15, -0.1) is 0 Å². The summed E-state index contributed by atoms with van der Waals surface area (Å²) in [5.74, 6) is 1.57. The van der Waals surface area contributed by atoms with E-state index in [1.54, 1.807) is 7.11 Å². The normalized spacial score (nSPS) is 29.7. The Hall–Kier alpha value is -0.120. The van der Waals surface area contributed by atoms with Crippen molar-refractivity contribution in [1.29, 1.82) is 0 Å². The molecule has 0 bridgehead atoms. The molecule has 0 aromatic rings. The Morgan fingerprint density at radius 2 is 2.05 bits per heavy atom. The zero-order valence-electron chi connectivity index (χ0n) is 13.4. The number of hydrogen-bond donors (Lipinski definition) is 1. The Kier molecular flexibility index (Phi) is 7.96. The van der Waals surface area contributed by atoms with Crippen LogP contribution < -0.4 is 5.73 Å². The number of methoxy groups -OCH3 is 1. The summed E-state index contributed by atoms with van der Waals surface area (Å²) in [7, 11) is 1.79. The van der Waals surface area contributed by atoms with Crippen molar-refractivity contribution in [3.63, 3.8) is 0 Å². The van der Waals surface area contributed by atoms with E-state index in [2.05, 4.69) is 25.7 Å². The zero-order chi connectivity index (χ0) is 14.3. The fourth-order valence-corrected chi connectivity index (χ4v) is 3.22. The molecular weight excluding hydrogens is 236 g/mol. The standard InChI is InChI=1S/C16H34N2O/c1-5-13(3)18(9-10-19-4)12-15-11-14(6-2)7-8-16(15)17/h13-16H,5-12,17H2,1-4H3. The lowest BCUT2D eigenvalue weighted by Crippen LogP contribution is -2.46. The molecule has 0 spiro atoms. The molecule has 0 aromatic carbocycles. The maximum atomic E-state index is 6.36. The third-order valence-corrected chi connectivity index (χ3v) is 4.99.